The van der Waals surface area contributed by atoms with Gasteiger partial charge in [-0.2, -0.15) is 0 Å². The Morgan fingerprint density at radius 1 is 0.793 bits per heavy atom. The standard InChI is InChI=1S/C25H30N2O2/c1-16-7-11-21(28)20(13-16)26-27-23-19-10-9-18(14-17(19)8-12-22(23)29)25(5,6)15-24(2,3)4/h7-14,28-29H,15H2,1-6H3. The Bertz CT molecular complexity index is 1080. The largest absolute Gasteiger partial charge is 0.506 e. The fraction of sp³-hybridized carbons (Fsp3) is 0.360. The van der Waals surface area contributed by atoms with Crippen LogP contribution in [-0.2, 0) is 5.41 Å². The minimum atomic E-state index is 0.0271. The van der Waals surface area contributed by atoms with Crippen LogP contribution in [0.2, 0.25) is 0 Å². The summed E-state index contributed by atoms with van der Waals surface area (Å²) in [5.74, 6) is 0.125. The summed E-state index contributed by atoms with van der Waals surface area (Å²) in [7, 11) is 0. The molecule has 2 N–H and O–H groups in total. The van der Waals surface area contributed by atoms with Gasteiger partial charge in [-0.3, -0.25) is 0 Å². The highest BCUT2D eigenvalue weighted by atomic mass is 16.3. The second-order valence-corrected chi connectivity index (χ2v) is 9.68. The molecular formula is C25H30N2O2. The maximum absolute atomic E-state index is 10.4. The zero-order valence-corrected chi connectivity index (χ0v) is 18.1. The first-order valence-electron chi connectivity index (χ1n) is 9.94. The zero-order chi connectivity index (χ0) is 21.4. The normalized spacial score (nSPS) is 12.8. The third-order valence-corrected chi connectivity index (χ3v) is 5.11. The van der Waals surface area contributed by atoms with Crippen molar-refractivity contribution in [3.63, 3.8) is 0 Å². The third-order valence-electron chi connectivity index (χ3n) is 5.11. The Labute approximate surface area is 172 Å². The van der Waals surface area contributed by atoms with Crippen LogP contribution in [0.5, 0.6) is 11.5 Å². The van der Waals surface area contributed by atoms with Gasteiger partial charge in [0, 0.05) is 5.39 Å². The number of rotatable bonds is 4. The maximum atomic E-state index is 10.4. The van der Waals surface area contributed by atoms with Crippen molar-refractivity contribution in [1.29, 1.82) is 0 Å². The zero-order valence-electron chi connectivity index (χ0n) is 18.1. The van der Waals surface area contributed by atoms with E-state index in [1.807, 2.05) is 25.1 Å². The summed E-state index contributed by atoms with van der Waals surface area (Å²) in [6.07, 6.45) is 1.06. The number of hydrogen-bond donors (Lipinski definition) is 2. The third kappa shape index (κ3) is 4.76. The molecule has 0 aliphatic heterocycles. The van der Waals surface area contributed by atoms with Crippen molar-refractivity contribution in [3.05, 3.63) is 59.7 Å². The number of aryl methyl sites for hydroxylation is 1. The second-order valence-electron chi connectivity index (χ2n) is 9.68. The Hall–Kier alpha value is -2.88. The van der Waals surface area contributed by atoms with E-state index in [1.54, 1.807) is 18.2 Å². The number of fused-ring (bicyclic) bond motifs is 1. The minimum absolute atomic E-state index is 0.0271. The van der Waals surface area contributed by atoms with Crippen LogP contribution in [0.4, 0.5) is 11.4 Å². The van der Waals surface area contributed by atoms with Crippen LogP contribution in [0, 0.1) is 12.3 Å². The highest BCUT2D eigenvalue weighted by Gasteiger charge is 2.27. The number of phenols is 2. The molecule has 0 amide bonds. The van der Waals surface area contributed by atoms with Gasteiger partial charge in [0.15, 0.2) is 0 Å². The van der Waals surface area contributed by atoms with Crippen LogP contribution in [0.15, 0.2) is 58.8 Å². The number of phenolic OH excluding ortho intramolecular Hbond substituents is 2. The first-order valence-corrected chi connectivity index (χ1v) is 9.94. The van der Waals surface area contributed by atoms with E-state index >= 15 is 0 Å². The van der Waals surface area contributed by atoms with Gasteiger partial charge in [-0.1, -0.05) is 65.0 Å². The van der Waals surface area contributed by atoms with Gasteiger partial charge in [0.1, 0.15) is 22.9 Å². The Morgan fingerprint density at radius 3 is 2.17 bits per heavy atom. The highest BCUT2D eigenvalue weighted by molar-refractivity contribution is 5.95. The van der Waals surface area contributed by atoms with Crippen LogP contribution in [0.1, 0.15) is 52.2 Å². The van der Waals surface area contributed by atoms with Gasteiger partial charge >= 0.3 is 0 Å². The molecular weight excluding hydrogens is 360 g/mol. The van der Waals surface area contributed by atoms with Crippen molar-refractivity contribution in [1.82, 2.24) is 0 Å². The summed E-state index contributed by atoms with van der Waals surface area (Å²) in [5.41, 5.74) is 3.27. The Kier molecular flexibility index (Phi) is 5.40. The molecule has 29 heavy (non-hydrogen) atoms. The van der Waals surface area contributed by atoms with Crippen molar-refractivity contribution < 1.29 is 10.2 Å². The van der Waals surface area contributed by atoms with E-state index in [0.29, 0.717) is 11.4 Å². The van der Waals surface area contributed by atoms with E-state index in [0.717, 1.165) is 22.8 Å². The average Bonchev–Trinajstić information content (AvgIpc) is 2.61. The van der Waals surface area contributed by atoms with Crippen LogP contribution >= 0.6 is 0 Å². The lowest BCUT2D eigenvalue weighted by molar-refractivity contribution is 0.284. The number of benzene rings is 3. The second kappa shape index (κ2) is 7.51. The highest BCUT2D eigenvalue weighted by Crippen LogP contribution is 2.41. The molecule has 3 rings (SSSR count). The topological polar surface area (TPSA) is 65.2 Å². The molecule has 0 radical (unpaired) electrons. The van der Waals surface area contributed by atoms with Crippen LogP contribution in [-0.4, -0.2) is 10.2 Å². The molecule has 0 saturated carbocycles. The molecule has 0 atom stereocenters. The van der Waals surface area contributed by atoms with Crippen molar-refractivity contribution in [2.24, 2.45) is 15.6 Å². The van der Waals surface area contributed by atoms with Gasteiger partial charge in [0.05, 0.1) is 0 Å². The summed E-state index contributed by atoms with van der Waals surface area (Å²) in [6.45, 7) is 13.2. The molecule has 4 heteroatoms. The number of nitrogens with zero attached hydrogens (tertiary/aromatic N) is 2. The monoisotopic (exact) mass is 390 g/mol. The van der Waals surface area contributed by atoms with Gasteiger partial charge in [-0.05, 0) is 58.9 Å². The molecule has 0 unspecified atom stereocenters. The van der Waals surface area contributed by atoms with Crippen LogP contribution in [0.25, 0.3) is 10.8 Å². The van der Waals surface area contributed by atoms with E-state index in [1.165, 1.54) is 5.56 Å². The SMILES string of the molecule is Cc1ccc(O)c(N=Nc2c(O)ccc3cc(C(C)(C)CC(C)(C)C)ccc23)c1. The molecule has 0 saturated heterocycles. The van der Waals surface area contributed by atoms with E-state index < -0.39 is 0 Å². The Morgan fingerprint density at radius 2 is 1.48 bits per heavy atom. The first-order chi connectivity index (χ1) is 13.5. The number of aromatic hydroxyl groups is 2. The first kappa shape index (κ1) is 20.8. The van der Waals surface area contributed by atoms with Gasteiger partial charge in [0.25, 0.3) is 0 Å². The summed E-state index contributed by atoms with van der Waals surface area (Å²) in [5, 5.41) is 30.7. The van der Waals surface area contributed by atoms with Gasteiger partial charge < -0.3 is 10.2 Å². The summed E-state index contributed by atoms with van der Waals surface area (Å²) in [4.78, 5) is 0. The molecule has 3 aromatic rings. The lowest BCUT2D eigenvalue weighted by atomic mass is 9.72. The molecule has 0 fully saturated rings. The Balaban J connectivity index is 2.04. The molecule has 3 aromatic carbocycles. The van der Waals surface area contributed by atoms with Crippen LogP contribution in [0.3, 0.4) is 0 Å². The predicted octanol–water partition coefficient (Wildman–Crippen LogP) is 7.69. The van der Waals surface area contributed by atoms with Crippen molar-refractivity contribution in [2.45, 2.75) is 53.4 Å². The fourth-order valence-corrected chi connectivity index (χ4v) is 4.07. The predicted molar refractivity (Wildman–Crippen MR) is 120 cm³/mol. The van der Waals surface area contributed by atoms with Crippen molar-refractivity contribution in [3.8, 4) is 11.5 Å². The lowest BCUT2D eigenvalue weighted by Gasteiger charge is -2.33. The van der Waals surface area contributed by atoms with E-state index in [9.17, 15) is 10.2 Å². The van der Waals surface area contributed by atoms with Crippen molar-refractivity contribution in [2.75, 3.05) is 0 Å². The molecule has 0 bridgehead atoms. The van der Waals surface area contributed by atoms with E-state index in [4.69, 9.17) is 0 Å². The van der Waals surface area contributed by atoms with Crippen molar-refractivity contribution >= 4 is 22.1 Å². The summed E-state index contributed by atoms with van der Waals surface area (Å²) in [6, 6.07) is 15.0. The lowest BCUT2D eigenvalue weighted by Crippen LogP contribution is -2.24. The molecule has 0 spiro atoms. The van der Waals surface area contributed by atoms with Gasteiger partial charge in [0.2, 0.25) is 0 Å². The van der Waals surface area contributed by atoms with Gasteiger partial charge in [-0.25, -0.2) is 0 Å². The van der Waals surface area contributed by atoms with E-state index in [2.05, 4.69) is 57.0 Å². The van der Waals surface area contributed by atoms with Crippen LogP contribution < -0.4 is 0 Å². The summed E-state index contributed by atoms with van der Waals surface area (Å²) >= 11 is 0. The number of hydrogen-bond acceptors (Lipinski definition) is 4. The smallest absolute Gasteiger partial charge is 0.143 e. The fourth-order valence-electron chi connectivity index (χ4n) is 4.07. The van der Waals surface area contributed by atoms with E-state index in [-0.39, 0.29) is 22.3 Å². The van der Waals surface area contributed by atoms with Gasteiger partial charge in [-0.15, -0.1) is 10.2 Å². The molecule has 0 aromatic heterocycles. The summed E-state index contributed by atoms with van der Waals surface area (Å²) < 4.78 is 0. The maximum Gasteiger partial charge on any atom is 0.143 e. The quantitative estimate of drug-likeness (QED) is 0.448. The molecule has 0 aliphatic carbocycles. The molecule has 0 heterocycles. The molecule has 152 valence electrons. The molecule has 0 aliphatic rings. The average molecular weight is 391 g/mol. The molecule has 4 nitrogen and oxygen atoms in total. The number of azo groups is 1. The minimum Gasteiger partial charge on any atom is -0.506 e.